The molecule has 0 saturated carbocycles. The lowest BCUT2D eigenvalue weighted by atomic mass is 9.95. The fourth-order valence-corrected chi connectivity index (χ4v) is 3.26. The molecule has 0 radical (unpaired) electrons. The van der Waals surface area contributed by atoms with Gasteiger partial charge in [-0.05, 0) is 45.7 Å². The third-order valence-electron chi connectivity index (χ3n) is 4.56. The lowest BCUT2D eigenvalue weighted by molar-refractivity contribution is 0.120. The van der Waals surface area contributed by atoms with E-state index >= 15 is 0 Å². The van der Waals surface area contributed by atoms with Crippen molar-refractivity contribution in [2.24, 2.45) is 5.92 Å². The summed E-state index contributed by atoms with van der Waals surface area (Å²) in [6, 6.07) is 1.40. The molecule has 0 aromatic carbocycles. The van der Waals surface area contributed by atoms with Gasteiger partial charge in [-0.25, -0.2) is 0 Å². The molecule has 2 rings (SSSR count). The van der Waals surface area contributed by atoms with Gasteiger partial charge in [0.15, 0.2) is 0 Å². The van der Waals surface area contributed by atoms with E-state index in [9.17, 15) is 0 Å². The van der Waals surface area contributed by atoms with E-state index in [-0.39, 0.29) is 0 Å². The number of hydrogen-bond donors (Lipinski definition) is 1. The number of ether oxygens (including phenoxy) is 1. The van der Waals surface area contributed by atoms with Crippen LogP contribution in [0.15, 0.2) is 0 Å². The molecule has 2 fully saturated rings. The van der Waals surface area contributed by atoms with Crippen LogP contribution in [0.3, 0.4) is 0 Å². The Morgan fingerprint density at radius 1 is 1.33 bits per heavy atom. The normalized spacial score (nSPS) is 31.7. The number of likely N-dealkylation sites (tertiary alicyclic amines) is 1. The van der Waals surface area contributed by atoms with Crippen molar-refractivity contribution in [1.82, 2.24) is 10.2 Å². The highest BCUT2D eigenvalue weighted by molar-refractivity contribution is 4.85. The summed E-state index contributed by atoms with van der Waals surface area (Å²) in [6.45, 7) is 10.2. The molecule has 106 valence electrons. The third-order valence-corrected chi connectivity index (χ3v) is 4.56. The third kappa shape index (κ3) is 3.94. The minimum atomic E-state index is 0.632. The summed E-state index contributed by atoms with van der Waals surface area (Å²) in [6.07, 6.45) is 6.63. The van der Waals surface area contributed by atoms with Crippen LogP contribution in [0.2, 0.25) is 0 Å². The first-order chi connectivity index (χ1) is 8.81. The summed E-state index contributed by atoms with van der Waals surface area (Å²) in [5.41, 5.74) is 0. The first kappa shape index (κ1) is 14.3. The predicted octanol–water partition coefficient (Wildman–Crippen LogP) is 2.27. The minimum Gasteiger partial charge on any atom is -0.381 e. The van der Waals surface area contributed by atoms with Gasteiger partial charge < -0.3 is 10.1 Å². The molecule has 0 aliphatic carbocycles. The second-order valence-electron chi connectivity index (χ2n) is 6.02. The summed E-state index contributed by atoms with van der Waals surface area (Å²) in [4.78, 5) is 2.69. The van der Waals surface area contributed by atoms with E-state index in [1.54, 1.807) is 0 Å². The highest BCUT2D eigenvalue weighted by Gasteiger charge is 2.29. The maximum absolute atomic E-state index is 5.58. The summed E-state index contributed by atoms with van der Waals surface area (Å²) in [5, 5.41) is 3.76. The molecule has 0 spiro atoms. The number of hydrogen-bond acceptors (Lipinski definition) is 3. The molecular weight excluding hydrogens is 224 g/mol. The topological polar surface area (TPSA) is 24.5 Å². The van der Waals surface area contributed by atoms with Gasteiger partial charge in [0.25, 0.3) is 0 Å². The Hall–Kier alpha value is -0.120. The van der Waals surface area contributed by atoms with Crippen molar-refractivity contribution in [3.8, 4) is 0 Å². The van der Waals surface area contributed by atoms with Crippen LogP contribution in [0.1, 0.15) is 46.0 Å². The quantitative estimate of drug-likeness (QED) is 0.787. The summed E-state index contributed by atoms with van der Waals surface area (Å²) < 4.78 is 5.58. The smallest absolute Gasteiger partial charge is 0.0510 e. The van der Waals surface area contributed by atoms with Crippen molar-refractivity contribution >= 4 is 0 Å². The van der Waals surface area contributed by atoms with Crippen LogP contribution in [-0.4, -0.2) is 49.8 Å². The zero-order chi connectivity index (χ0) is 12.8. The highest BCUT2D eigenvalue weighted by atomic mass is 16.5. The molecule has 0 bridgehead atoms. The van der Waals surface area contributed by atoms with Gasteiger partial charge in [0, 0.05) is 31.2 Å². The van der Waals surface area contributed by atoms with Crippen LogP contribution in [0, 0.1) is 5.92 Å². The molecule has 1 N–H and O–H groups in total. The van der Waals surface area contributed by atoms with Gasteiger partial charge in [-0.3, -0.25) is 4.90 Å². The van der Waals surface area contributed by atoms with E-state index < -0.39 is 0 Å². The van der Waals surface area contributed by atoms with E-state index in [1.807, 2.05) is 0 Å². The molecule has 3 unspecified atom stereocenters. The SMILES string of the molecule is CCCNC(CN1CCCCC1C)C1CCOC1. The Morgan fingerprint density at radius 2 is 2.22 bits per heavy atom. The summed E-state index contributed by atoms with van der Waals surface area (Å²) >= 11 is 0. The zero-order valence-corrected chi connectivity index (χ0v) is 12.2. The maximum Gasteiger partial charge on any atom is 0.0510 e. The molecule has 0 amide bonds. The summed E-state index contributed by atoms with van der Waals surface area (Å²) in [7, 11) is 0. The van der Waals surface area contributed by atoms with Crippen LogP contribution in [0.4, 0.5) is 0 Å². The standard InChI is InChI=1S/C15H30N2O/c1-3-8-16-15(14-7-10-18-12-14)11-17-9-5-4-6-13(17)2/h13-16H,3-12H2,1-2H3. The largest absolute Gasteiger partial charge is 0.381 e. The number of rotatable bonds is 6. The van der Waals surface area contributed by atoms with E-state index in [4.69, 9.17) is 4.74 Å². The van der Waals surface area contributed by atoms with Crippen molar-refractivity contribution in [2.75, 3.05) is 32.8 Å². The average Bonchev–Trinajstić information content (AvgIpc) is 2.90. The van der Waals surface area contributed by atoms with Crippen LogP contribution in [0.25, 0.3) is 0 Å². The van der Waals surface area contributed by atoms with Crippen LogP contribution in [-0.2, 0) is 4.74 Å². The fourth-order valence-electron chi connectivity index (χ4n) is 3.26. The Bertz CT molecular complexity index is 229. The van der Waals surface area contributed by atoms with Crippen molar-refractivity contribution in [3.05, 3.63) is 0 Å². The first-order valence-corrected chi connectivity index (χ1v) is 7.86. The van der Waals surface area contributed by atoms with Crippen molar-refractivity contribution in [3.63, 3.8) is 0 Å². The molecular formula is C15H30N2O. The van der Waals surface area contributed by atoms with Crippen LogP contribution < -0.4 is 5.32 Å². The monoisotopic (exact) mass is 254 g/mol. The van der Waals surface area contributed by atoms with E-state index in [0.29, 0.717) is 6.04 Å². The fraction of sp³-hybridized carbons (Fsp3) is 1.00. The van der Waals surface area contributed by atoms with Crippen LogP contribution >= 0.6 is 0 Å². The molecule has 0 aromatic heterocycles. The number of nitrogens with zero attached hydrogens (tertiary/aromatic N) is 1. The van der Waals surface area contributed by atoms with Gasteiger partial charge in [0.1, 0.15) is 0 Å². The van der Waals surface area contributed by atoms with E-state index in [1.165, 1.54) is 45.2 Å². The van der Waals surface area contributed by atoms with Crippen molar-refractivity contribution in [1.29, 1.82) is 0 Å². The van der Waals surface area contributed by atoms with Gasteiger partial charge in [-0.1, -0.05) is 13.3 Å². The molecule has 0 aromatic rings. The van der Waals surface area contributed by atoms with Gasteiger partial charge in [-0.15, -0.1) is 0 Å². The van der Waals surface area contributed by atoms with Crippen molar-refractivity contribution in [2.45, 2.75) is 58.0 Å². The average molecular weight is 254 g/mol. The Morgan fingerprint density at radius 3 is 2.89 bits per heavy atom. The van der Waals surface area contributed by atoms with E-state index in [2.05, 4.69) is 24.1 Å². The minimum absolute atomic E-state index is 0.632. The first-order valence-electron chi connectivity index (χ1n) is 7.86. The molecule has 2 heterocycles. The second kappa shape index (κ2) is 7.46. The van der Waals surface area contributed by atoms with Crippen molar-refractivity contribution < 1.29 is 4.74 Å². The van der Waals surface area contributed by atoms with E-state index in [0.717, 1.165) is 31.7 Å². The Balaban J connectivity index is 1.86. The maximum atomic E-state index is 5.58. The number of piperidine rings is 1. The Labute approximate surface area is 112 Å². The summed E-state index contributed by atoms with van der Waals surface area (Å²) in [5.74, 6) is 0.727. The molecule has 2 aliphatic heterocycles. The highest BCUT2D eigenvalue weighted by Crippen LogP contribution is 2.21. The Kier molecular flexibility index (Phi) is 5.93. The van der Waals surface area contributed by atoms with Gasteiger partial charge in [0.05, 0.1) is 6.61 Å². The molecule has 3 heteroatoms. The molecule has 18 heavy (non-hydrogen) atoms. The zero-order valence-electron chi connectivity index (χ0n) is 12.2. The number of nitrogens with one attached hydrogen (secondary N) is 1. The predicted molar refractivity (Wildman–Crippen MR) is 75.9 cm³/mol. The molecule has 3 nitrogen and oxygen atoms in total. The lowest BCUT2D eigenvalue weighted by Gasteiger charge is -2.37. The second-order valence-corrected chi connectivity index (χ2v) is 6.02. The molecule has 2 aliphatic rings. The molecule has 3 atom stereocenters. The van der Waals surface area contributed by atoms with Gasteiger partial charge in [0.2, 0.25) is 0 Å². The lowest BCUT2D eigenvalue weighted by Crippen LogP contribution is -2.50. The van der Waals surface area contributed by atoms with Gasteiger partial charge in [-0.2, -0.15) is 0 Å². The molecule has 2 saturated heterocycles. The van der Waals surface area contributed by atoms with Gasteiger partial charge >= 0.3 is 0 Å². The van der Waals surface area contributed by atoms with Crippen LogP contribution in [0.5, 0.6) is 0 Å².